The minimum Gasteiger partial charge on any atom is -0.505 e. The maximum absolute atomic E-state index is 15.3. The summed E-state index contributed by atoms with van der Waals surface area (Å²) >= 11 is 0. The molecule has 6 unspecified atom stereocenters. The van der Waals surface area contributed by atoms with Gasteiger partial charge in [-0.3, -0.25) is 29.5 Å². The summed E-state index contributed by atoms with van der Waals surface area (Å²) in [6, 6.07) is 26.0. The standard InChI is InChI=1S/C39H33BFN3O7/c1-21-10-13-25(14-11-21)42-44-36(47)30-20-29-27(15-16-28-33(29)37(48)43(35(28)46)26-9-5-8-24(19-26)40(50)51)34(22-12-17-32(45)31(41)18-22)39(30,38(44)49)23-6-3-2-4-7-23/h2-15,17-19,28-30,33-34,42,45,50-51H,16,20H2,1H3. The van der Waals surface area contributed by atoms with Crippen LogP contribution in [0.15, 0.2) is 109 Å². The number of nitrogens with one attached hydrogen (secondary N) is 1. The van der Waals surface area contributed by atoms with Gasteiger partial charge in [0.15, 0.2) is 11.6 Å². The van der Waals surface area contributed by atoms with Crippen LogP contribution in [0.3, 0.4) is 0 Å². The van der Waals surface area contributed by atoms with Gasteiger partial charge >= 0.3 is 7.12 Å². The number of allylic oxidation sites excluding steroid dienone is 2. The van der Waals surface area contributed by atoms with Crippen LogP contribution < -0.4 is 15.8 Å². The molecule has 4 aliphatic rings. The summed E-state index contributed by atoms with van der Waals surface area (Å²) in [6.07, 6.45) is 2.07. The number of aryl methyl sites for hydroxylation is 1. The van der Waals surface area contributed by atoms with E-state index in [1.807, 2.05) is 25.1 Å². The van der Waals surface area contributed by atoms with Crippen molar-refractivity contribution in [1.82, 2.24) is 5.01 Å². The van der Waals surface area contributed by atoms with E-state index < -0.39 is 77.3 Å². The molecule has 8 rings (SSSR count). The van der Waals surface area contributed by atoms with E-state index in [9.17, 15) is 29.5 Å². The van der Waals surface area contributed by atoms with Crippen LogP contribution in [-0.4, -0.2) is 50.9 Å². The molecule has 0 bridgehead atoms. The molecule has 0 aromatic heterocycles. The number of benzene rings is 4. The van der Waals surface area contributed by atoms with Gasteiger partial charge in [0.1, 0.15) is 0 Å². The maximum Gasteiger partial charge on any atom is 0.488 e. The van der Waals surface area contributed by atoms with Crippen LogP contribution in [-0.2, 0) is 24.6 Å². The Balaban J connectivity index is 1.30. The van der Waals surface area contributed by atoms with Gasteiger partial charge in [0.05, 0.1) is 34.5 Å². The molecular formula is C39H33BFN3O7. The van der Waals surface area contributed by atoms with E-state index in [-0.39, 0.29) is 24.0 Å². The van der Waals surface area contributed by atoms with Crippen LogP contribution in [0.1, 0.15) is 35.4 Å². The fourth-order valence-corrected chi connectivity index (χ4v) is 8.90. The number of carbonyl (C=O) groups is 4. The van der Waals surface area contributed by atoms with Gasteiger partial charge in [-0.25, -0.2) is 4.39 Å². The van der Waals surface area contributed by atoms with E-state index in [0.717, 1.165) is 15.5 Å². The molecule has 6 atom stereocenters. The van der Waals surface area contributed by atoms with Crippen LogP contribution in [0.2, 0.25) is 0 Å². The van der Waals surface area contributed by atoms with Crippen LogP contribution in [0.5, 0.6) is 5.75 Å². The molecule has 2 aliphatic heterocycles. The summed E-state index contributed by atoms with van der Waals surface area (Å²) in [5, 5.41) is 30.8. The number of aromatic hydroxyl groups is 1. The van der Waals surface area contributed by atoms with E-state index in [1.54, 1.807) is 48.5 Å². The number of amides is 4. The summed E-state index contributed by atoms with van der Waals surface area (Å²) in [6.45, 7) is 1.92. The third kappa shape index (κ3) is 4.85. The highest BCUT2D eigenvalue weighted by Crippen LogP contribution is 2.64. The van der Waals surface area contributed by atoms with E-state index in [1.165, 1.54) is 36.4 Å². The van der Waals surface area contributed by atoms with Crippen molar-refractivity contribution in [2.75, 3.05) is 10.3 Å². The smallest absolute Gasteiger partial charge is 0.488 e. The van der Waals surface area contributed by atoms with Crippen molar-refractivity contribution in [3.8, 4) is 5.75 Å². The van der Waals surface area contributed by atoms with Gasteiger partial charge in [-0.05, 0) is 78.7 Å². The number of hydrazine groups is 1. The first-order chi connectivity index (χ1) is 24.5. The lowest BCUT2D eigenvalue weighted by molar-refractivity contribution is -0.138. The lowest BCUT2D eigenvalue weighted by Gasteiger charge is -2.50. The van der Waals surface area contributed by atoms with E-state index >= 15 is 9.18 Å². The number of phenols is 1. The monoisotopic (exact) mass is 685 g/mol. The zero-order valence-electron chi connectivity index (χ0n) is 27.4. The highest BCUT2D eigenvalue weighted by atomic mass is 19.1. The second-order valence-electron chi connectivity index (χ2n) is 13.8. The predicted molar refractivity (Wildman–Crippen MR) is 186 cm³/mol. The molecule has 2 saturated heterocycles. The Labute approximate surface area is 292 Å². The van der Waals surface area contributed by atoms with Crippen molar-refractivity contribution in [2.24, 2.45) is 23.7 Å². The van der Waals surface area contributed by atoms with Gasteiger partial charge in [-0.15, -0.1) is 0 Å². The second-order valence-corrected chi connectivity index (χ2v) is 13.8. The van der Waals surface area contributed by atoms with Crippen molar-refractivity contribution < 1.29 is 38.7 Å². The lowest BCUT2D eigenvalue weighted by atomic mass is 9.49. The molecule has 12 heteroatoms. The first kappa shape index (κ1) is 32.6. The average Bonchev–Trinajstić information content (AvgIpc) is 3.51. The fraction of sp³-hybridized carbons (Fsp3) is 0.231. The van der Waals surface area contributed by atoms with Crippen molar-refractivity contribution in [3.05, 3.63) is 131 Å². The Bertz CT molecular complexity index is 2140. The van der Waals surface area contributed by atoms with Gasteiger partial charge in [0.2, 0.25) is 11.8 Å². The maximum atomic E-state index is 15.3. The summed E-state index contributed by atoms with van der Waals surface area (Å²) in [4.78, 5) is 59.3. The van der Waals surface area contributed by atoms with Gasteiger partial charge in [-0.2, -0.15) is 5.01 Å². The molecule has 4 amide bonds. The number of hydrogen-bond acceptors (Lipinski definition) is 8. The molecule has 0 radical (unpaired) electrons. The molecule has 10 nitrogen and oxygen atoms in total. The highest BCUT2D eigenvalue weighted by molar-refractivity contribution is 6.58. The molecule has 2 heterocycles. The van der Waals surface area contributed by atoms with E-state index in [2.05, 4.69) is 5.43 Å². The van der Waals surface area contributed by atoms with Crippen LogP contribution >= 0.6 is 0 Å². The first-order valence-corrected chi connectivity index (χ1v) is 16.8. The molecule has 0 spiro atoms. The summed E-state index contributed by atoms with van der Waals surface area (Å²) in [7, 11) is -1.81. The van der Waals surface area contributed by atoms with Crippen molar-refractivity contribution >= 4 is 47.6 Å². The van der Waals surface area contributed by atoms with Crippen molar-refractivity contribution in [3.63, 3.8) is 0 Å². The number of phenolic OH excluding ortho intramolecular Hbond substituents is 1. The molecule has 2 aliphatic carbocycles. The number of anilines is 2. The SMILES string of the molecule is Cc1ccc(NN2C(=O)C3CC4C(=CCC5C(=O)N(c6cccc(B(O)O)c6)C(=O)C54)C(c4ccc(O)c(F)c4)C3(c3ccccc3)C2=O)cc1. The van der Waals surface area contributed by atoms with Crippen LogP contribution in [0.4, 0.5) is 15.8 Å². The largest absolute Gasteiger partial charge is 0.505 e. The highest BCUT2D eigenvalue weighted by Gasteiger charge is 2.70. The number of carbonyl (C=O) groups excluding carboxylic acids is 4. The van der Waals surface area contributed by atoms with Crippen LogP contribution in [0.25, 0.3) is 0 Å². The normalized spacial score (nSPS) is 26.8. The third-order valence-corrected chi connectivity index (χ3v) is 11.1. The quantitative estimate of drug-likeness (QED) is 0.137. The van der Waals surface area contributed by atoms with Gasteiger partial charge in [-0.1, -0.05) is 77.9 Å². The lowest BCUT2D eigenvalue weighted by Crippen LogP contribution is -2.53. The average molecular weight is 686 g/mol. The summed E-state index contributed by atoms with van der Waals surface area (Å²) < 4.78 is 15.3. The first-order valence-electron chi connectivity index (χ1n) is 16.8. The van der Waals surface area contributed by atoms with Crippen LogP contribution in [0, 0.1) is 36.4 Å². The Kier molecular flexibility index (Phi) is 7.69. The molecule has 1 saturated carbocycles. The molecular weight excluding hydrogens is 652 g/mol. The molecule has 3 fully saturated rings. The minimum atomic E-state index is -1.81. The second kappa shape index (κ2) is 12.0. The van der Waals surface area contributed by atoms with E-state index in [0.29, 0.717) is 22.4 Å². The number of halogens is 1. The number of hydrogen-bond donors (Lipinski definition) is 4. The molecule has 4 aromatic carbocycles. The number of rotatable bonds is 6. The van der Waals surface area contributed by atoms with Gasteiger partial charge < -0.3 is 15.2 Å². The predicted octanol–water partition coefficient (Wildman–Crippen LogP) is 3.71. The number of imide groups is 2. The van der Waals surface area contributed by atoms with Gasteiger partial charge in [0.25, 0.3) is 11.8 Å². The topological polar surface area (TPSA) is 147 Å². The fourth-order valence-electron chi connectivity index (χ4n) is 8.90. The zero-order chi connectivity index (χ0) is 35.8. The zero-order valence-corrected chi connectivity index (χ0v) is 27.4. The van der Waals surface area contributed by atoms with Crippen molar-refractivity contribution in [1.29, 1.82) is 0 Å². The Morgan fingerprint density at radius 1 is 0.843 bits per heavy atom. The minimum absolute atomic E-state index is 0.0534. The summed E-state index contributed by atoms with van der Waals surface area (Å²) in [5.41, 5.74) is 4.76. The van der Waals surface area contributed by atoms with E-state index in [4.69, 9.17) is 0 Å². The van der Waals surface area contributed by atoms with Crippen molar-refractivity contribution in [2.45, 2.75) is 31.1 Å². The molecule has 51 heavy (non-hydrogen) atoms. The number of nitrogens with zero attached hydrogens (tertiary/aromatic N) is 2. The molecule has 4 aromatic rings. The molecule has 4 N–H and O–H groups in total. The summed E-state index contributed by atoms with van der Waals surface area (Å²) in [5.74, 6) is -7.84. The molecule has 256 valence electrons. The van der Waals surface area contributed by atoms with Gasteiger partial charge in [0, 0.05) is 5.92 Å². The number of fused-ring (bicyclic) bond motifs is 4. The Hall–Kier alpha value is -5.59. The Morgan fingerprint density at radius 2 is 1.59 bits per heavy atom. The third-order valence-electron chi connectivity index (χ3n) is 11.1. The Morgan fingerprint density at radius 3 is 2.29 bits per heavy atom.